The van der Waals surface area contributed by atoms with Crippen molar-refractivity contribution in [2.75, 3.05) is 20.2 Å². The van der Waals surface area contributed by atoms with E-state index in [4.69, 9.17) is 4.74 Å². The Morgan fingerprint density at radius 2 is 1.86 bits per heavy atom. The molecule has 0 aromatic carbocycles. The van der Waals surface area contributed by atoms with E-state index in [1.807, 2.05) is 0 Å². The molecule has 0 spiro atoms. The van der Waals surface area contributed by atoms with Gasteiger partial charge in [-0.15, -0.1) is 0 Å². The quantitative estimate of drug-likeness (QED) is 0.762. The van der Waals surface area contributed by atoms with Crippen molar-refractivity contribution in [3.8, 4) is 0 Å². The number of nitrogens with one attached hydrogen (secondary N) is 2. The lowest BCUT2D eigenvalue weighted by molar-refractivity contribution is -0.152. The molecule has 2 aliphatic rings. The van der Waals surface area contributed by atoms with Gasteiger partial charge < -0.3 is 15.4 Å². The van der Waals surface area contributed by atoms with Gasteiger partial charge in [-0.2, -0.15) is 0 Å². The van der Waals surface area contributed by atoms with Crippen LogP contribution in [0.5, 0.6) is 0 Å². The Morgan fingerprint density at radius 1 is 1.23 bits per heavy atom. The van der Waals surface area contributed by atoms with Crippen LogP contribution >= 0.6 is 0 Å². The average molecular weight is 310 g/mol. The second-order valence-electron chi connectivity index (χ2n) is 6.95. The Labute approximate surface area is 133 Å². The molecule has 1 saturated heterocycles. The minimum Gasteiger partial charge on any atom is -0.467 e. The molecule has 1 aliphatic carbocycles. The van der Waals surface area contributed by atoms with Crippen LogP contribution in [0.2, 0.25) is 0 Å². The summed E-state index contributed by atoms with van der Waals surface area (Å²) in [6.45, 7) is 4.24. The average Bonchev–Trinajstić information content (AvgIpc) is 2.55. The molecular formula is C17H30N2O3. The van der Waals surface area contributed by atoms with E-state index in [1.54, 1.807) is 0 Å². The third-order valence-electron chi connectivity index (χ3n) is 5.36. The number of rotatable bonds is 5. The summed E-state index contributed by atoms with van der Waals surface area (Å²) in [6.07, 6.45) is 7.25. The minimum atomic E-state index is -0.780. The molecule has 0 aromatic heterocycles. The number of carbonyl (C=O) groups excluding carboxylic acids is 2. The van der Waals surface area contributed by atoms with Crippen molar-refractivity contribution < 1.29 is 14.3 Å². The van der Waals surface area contributed by atoms with Crippen LogP contribution in [0, 0.1) is 11.8 Å². The maximum absolute atomic E-state index is 12.5. The summed E-state index contributed by atoms with van der Waals surface area (Å²) in [6, 6.07) is 0. The van der Waals surface area contributed by atoms with Crippen LogP contribution < -0.4 is 10.6 Å². The molecule has 1 atom stereocenters. The highest BCUT2D eigenvalue weighted by Gasteiger charge is 2.42. The van der Waals surface area contributed by atoms with E-state index in [-0.39, 0.29) is 11.9 Å². The Bertz CT molecular complexity index is 385. The predicted molar refractivity (Wildman–Crippen MR) is 85.3 cm³/mol. The number of methoxy groups -OCH3 is 1. The standard InChI is InChI=1S/C17H30N2O3/c1-13(14-6-10-18-11-7-14)12-15(20)19-17(16(21)22-2)8-4-3-5-9-17/h13-14,18H,3-12H2,1-2H3,(H,19,20). The highest BCUT2D eigenvalue weighted by molar-refractivity contribution is 5.88. The summed E-state index contributed by atoms with van der Waals surface area (Å²) < 4.78 is 4.95. The van der Waals surface area contributed by atoms with Crippen LogP contribution in [-0.2, 0) is 14.3 Å². The molecule has 22 heavy (non-hydrogen) atoms. The fourth-order valence-corrected chi connectivity index (χ4v) is 3.92. The van der Waals surface area contributed by atoms with Gasteiger partial charge in [0.1, 0.15) is 5.54 Å². The number of ether oxygens (including phenoxy) is 1. The van der Waals surface area contributed by atoms with E-state index in [0.717, 1.165) is 45.2 Å². The molecule has 2 N–H and O–H groups in total. The summed E-state index contributed by atoms with van der Waals surface area (Å²) in [4.78, 5) is 24.6. The van der Waals surface area contributed by atoms with E-state index in [0.29, 0.717) is 31.1 Å². The molecule has 0 bridgehead atoms. The molecule has 1 heterocycles. The van der Waals surface area contributed by atoms with Gasteiger partial charge in [0.15, 0.2) is 0 Å². The third-order valence-corrected chi connectivity index (χ3v) is 5.36. The molecule has 5 nitrogen and oxygen atoms in total. The topological polar surface area (TPSA) is 67.4 Å². The number of hydrogen-bond donors (Lipinski definition) is 2. The molecule has 0 radical (unpaired) electrons. The monoisotopic (exact) mass is 310 g/mol. The van der Waals surface area contributed by atoms with Crippen LogP contribution in [0.1, 0.15) is 58.3 Å². The van der Waals surface area contributed by atoms with Crippen LogP contribution in [0.15, 0.2) is 0 Å². The number of hydrogen-bond acceptors (Lipinski definition) is 4. The number of amides is 1. The summed E-state index contributed by atoms with van der Waals surface area (Å²) in [7, 11) is 1.41. The zero-order valence-corrected chi connectivity index (χ0v) is 14.0. The first-order valence-corrected chi connectivity index (χ1v) is 8.67. The van der Waals surface area contributed by atoms with Crippen molar-refractivity contribution in [3.63, 3.8) is 0 Å². The molecular weight excluding hydrogens is 280 g/mol. The summed E-state index contributed by atoms with van der Waals surface area (Å²) in [5.74, 6) is 0.682. The molecule has 2 fully saturated rings. The van der Waals surface area contributed by atoms with E-state index in [2.05, 4.69) is 17.6 Å². The number of esters is 1. The molecule has 5 heteroatoms. The predicted octanol–water partition coefficient (Wildman–Crippen LogP) is 2.00. The van der Waals surface area contributed by atoms with Crippen molar-refractivity contribution >= 4 is 11.9 Å². The first-order chi connectivity index (χ1) is 10.6. The Balaban J connectivity index is 1.91. The van der Waals surface area contributed by atoms with Gasteiger partial charge in [-0.1, -0.05) is 26.2 Å². The SMILES string of the molecule is COC(=O)C1(NC(=O)CC(C)C2CCNCC2)CCCCC1. The Hall–Kier alpha value is -1.10. The first-order valence-electron chi connectivity index (χ1n) is 8.67. The van der Waals surface area contributed by atoms with Gasteiger partial charge in [0.25, 0.3) is 0 Å². The summed E-state index contributed by atoms with van der Waals surface area (Å²) in [5, 5.41) is 6.38. The van der Waals surface area contributed by atoms with Crippen LogP contribution in [0.3, 0.4) is 0 Å². The normalized spacial score (nSPS) is 23.5. The largest absolute Gasteiger partial charge is 0.467 e. The van der Waals surface area contributed by atoms with Crippen molar-refractivity contribution in [1.29, 1.82) is 0 Å². The fourth-order valence-electron chi connectivity index (χ4n) is 3.92. The summed E-state index contributed by atoms with van der Waals surface area (Å²) >= 11 is 0. The van der Waals surface area contributed by atoms with Gasteiger partial charge in [0.2, 0.25) is 5.91 Å². The van der Waals surface area contributed by atoms with E-state index in [1.165, 1.54) is 7.11 Å². The molecule has 2 rings (SSSR count). The van der Waals surface area contributed by atoms with E-state index in [9.17, 15) is 9.59 Å². The number of carbonyl (C=O) groups is 2. The van der Waals surface area contributed by atoms with Gasteiger partial charge in [-0.05, 0) is 50.6 Å². The zero-order valence-electron chi connectivity index (χ0n) is 14.0. The smallest absolute Gasteiger partial charge is 0.331 e. The van der Waals surface area contributed by atoms with Crippen molar-refractivity contribution in [2.45, 2.75) is 63.8 Å². The molecule has 126 valence electrons. The van der Waals surface area contributed by atoms with Gasteiger partial charge in [0, 0.05) is 6.42 Å². The Kier molecular flexibility index (Phi) is 6.24. The molecule has 0 aromatic rings. The molecule has 1 unspecified atom stereocenters. The highest BCUT2D eigenvalue weighted by Crippen LogP contribution is 2.30. The lowest BCUT2D eigenvalue weighted by Crippen LogP contribution is -2.56. The Morgan fingerprint density at radius 3 is 2.45 bits per heavy atom. The van der Waals surface area contributed by atoms with Crippen molar-refractivity contribution in [2.24, 2.45) is 11.8 Å². The van der Waals surface area contributed by atoms with Gasteiger partial charge in [-0.3, -0.25) is 4.79 Å². The van der Waals surface area contributed by atoms with Gasteiger partial charge in [0.05, 0.1) is 7.11 Å². The second kappa shape index (κ2) is 7.95. The van der Waals surface area contributed by atoms with Gasteiger partial charge in [-0.25, -0.2) is 4.79 Å². The van der Waals surface area contributed by atoms with Crippen molar-refractivity contribution in [3.05, 3.63) is 0 Å². The fraction of sp³-hybridized carbons (Fsp3) is 0.882. The maximum atomic E-state index is 12.5. The molecule has 1 amide bonds. The summed E-state index contributed by atoms with van der Waals surface area (Å²) in [5.41, 5.74) is -0.780. The van der Waals surface area contributed by atoms with Crippen LogP contribution in [-0.4, -0.2) is 37.6 Å². The third kappa shape index (κ3) is 4.22. The van der Waals surface area contributed by atoms with Crippen molar-refractivity contribution in [1.82, 2.24) is 10.6 Å². The first kappa shape index (κ1) is 17.3. The molecule has 1 aliphatic heterocycles. The van der Waals surface area contributed by atoms with Gasteiger partial charge >= 0.3 is 5.97 Å². The van der Waals surface area contributed by atoms with Crippen LogP contribution in [0.25, 0.3) is 0 Å². The van der Waals surface area contributed by atoms with E-state index < -0.39 is 5.54 Å². The van der Waals surface area contributed by atoms with E-state index >= 15 is 0 Å². The lowest BCUT2D eigenvalue weighted by atomic mass is 9.80. The lowest BCUT2D eigenvalue weighted by Gasteiger charge is -2.36. The number of piperidine rings is 1. The highest BCUT2D eigenvalue weighted by atomic mass is 16.5. The molecule has 1 saturated carbocycles. The zero-order chi connectivity index (χ0) is 16.0. The second-order valence-corrected chi connectivity index (χ2v) is 6.95. The maximum Gasteiger partial charge on any atom is 0.331 e. The van der Waals surface area contributed by atoms with Crippen LogP contribution in [0.4, 0.5) is 0 Å². The minimum absolute atomic E-state index is 0.00154.